The van der Waals surface area contributed by atoms with Gasteiger partial charge in [-0.05, 0) is 56.2 Å². The minimum absolute atomic E-state index is 0.210. The predicted octanol–water partition coefficient (Wildman–Crippen LogP) is 4.23. The zero-order chi connectivity index (χ0) is 14.9. The molecule has 106 valence electrons. The lowest BCUT2D eigenvalue weighted by Gasteiger charge is -2.25. The van der Waals surface area contributed by atoms with Gasteiger partial charge >= 0.3 is 0 Å². The van der Waals surface area contributed by atoms with Gasteiger partial charge in [0.1, 0.15) is 5.82 Å². The first-order valence-corrected chi connectivity index (χ1v) is 6.76. The molecular weight excluding hydrogens is 251 g/mol. The van der Waals surface area contributed by atoms with E-state index < -0.39 is 0 Å². The fourth-order valence-corrected chi connectivity index (χ4v) is 2.24. The Morgan fingerprint density at radius 1 is 1.10 bits per heavy atom. The van der Waals surface area contributed by atoms with Crippen molar-refractivity contribution in [3.8, 4) is 0 Å². The summed E-state index contributed by atoms with van der Waals surface area (Å²) in [5.74, 6) is -0.210. The van der Waals surface area contributed by atoms with Gasteiger partial charge in [-0.3, -0.25) is 0 Å². The first-order chi connectivity index (χ1) is 9.40. The van der Waals surface area contributed by atoms with Crippen LogP contribution in [-0.2, 0) is 0 Å². The smallest absolute Gasteiger partial charge is 0.126 e. The molecule has 0 amide bonds. The Morgan fingerprint density at radius 3 is 2.25 bits per heavy atom. The molecule has 0 saturated carbocycles. The second-order valence-electron chi connectivity index (χ2n) is 5.34. The molecule has 0 aliphatic carbocycles. The van der Waals surface area contributed by atoms with Crippen molar-refractivity contribution >= 4 is 11.4 Å². The van der Waals surface area contributed by atoms with E-state index in [0.717, 1.165) is 16.9 Å². The van der Waals surface area contributed by atoms with E-state index in [2.05, 4.69) is 31.2 Å². The number of hydrogen-bond donors (Lipinski definition) is 1. The molecule has 0 saturated heterocycles. The van der Waals surface area contributed by atoms with Crippen molar-refractivity contribution in [3.63, 3.8) is 0 Å². The fraction of sp³-hybridized carbons (Fsp3) is 0.294. The van der Waals surface area contributed by atoms with Crippen LogP contribution in [0.4, 0.5) is 15.8 Å². The summed E-state index contributed by atoms with van der Waals surface area (Å²) >= 11 is 0. The molecule has 0 aliphatic heterocycles. The molecule has 0 spiro atoms. The van der Waals surface area contributed by atoms with E-state index in [1.54, 1.807) is 13.0 Å². The first kappa shape index (κ1) is 14.5. The lowest BCUT2D eigenvalue weighted by atomic mass is 10.0. The topological polar surface area (TPSA) is 29.3 Å². The van der Waals surface area contributed by atoms with Crippen LogP contribution in [0.1, 0.15) is 29.7 Å². The Balaban J connectivity index is 2.50. The van der Waals surface area contributed by atoms with Crippen LogP contribution >= 0.6 is 0 Å². The van der Waals surface area contributed by atoms with Crippen molar-refractivity contribution < 1.29 is 4.39 Å². The third kappa shape index (κ3) is 2.83. The molecule has 3 heteroatoms. The Kier molecular flexibility index (Phi) is 4.09. The summed E-state index contributed by atoms with van der Waals surface area (Å²) < 4.78 is 13.8. The highest BCUT2D eigenvalue weighted by atomic mass is 19.1. The van der Waals surface area contributed by atoms with Crippen LogP contribution < -0.4 is 10.6 Å². The number of halogens is 1. The van der Waals surface area contributed by atoms with Gasteiger partial charge < -0.3 is 10.6 Å². The van der Waals surface area contributed by atoms with Crippen molar-refractivity contribution in [2.75, 3.05) is 11.9 Å². The highest BCUT2D eigenvalue weighted by Gasteiger charge is 2.15. The van der Waals surface area contributed by atoms with Crippen LogP contribution in [0.25, 0.3) is 0 Å². The summed E-state index contributed by atoms with van der Waals surface area (Å²) in [4.78, 5) is 2.05. The number of benzene rings is 2. The Hall–Kier alpha value is -1.87. The van der Waals surface area contributed by atoms with Gasteiger partial charge in [-0.25, -0.2) is 4.39 Å². The van der Waals surface area contributed by atoms with E-state index in [1.165, 1.54) is 5.56 Å². The second kappa shape index (κ2) is 5.63. The maximum absolute atomic E-state index is 13.8. The summed E-state index contributed by atoms with van der Waals surface area (Å²) in [6.45, 7) is 5.70. The number of aryl methyl sites for hydroxylation is 2. The fourth-order valence-electron chi connectivity index (χ4n) is 2.24. The minimum Gasteiger partial charge on any atom is -0.344 e. The van der Waals surface area contributed by atoms with Crippen LogP contribution in [0.2, 0.25) is 0 Å². The highest BCUT2D eigenvalue weighted by molar-refractivity contribution is 5.67. The highest BCUT2D eigenvalue weighted by Crippen LogP contribution is 2.32. The van der Waals surface area contributed by atoms with Crippen molar-refractivity contribution in [1.29, 1.82) is 0 Å². The average Bonchev–Trinajstić information content (AvgIpc) is 2.41. The molecular formula is C17H21FN2. The molecule has 0 fully saturated rings. The third-order valence-corrected chi connectivity index (χ3v) is 3.58. The van der Waals surface area contributed by atoms with Crippen LogP contribution in [0, 0.1) is 19.7 Å². The van der Waals surface area contributed by atoms with Crippen LogP contribution in [0.5, 0.6) is 0 Å². The van der Waals surface area contributed by atoms with E-state index in [0.29, 0.717) is 5.56 Å². The van der Waals surface area contributed by atoms with Gasteiger partial charge in [-0.15, -0.1) is 0 Å². The molecule has 0 aliphatic rings. The molecule has 2 nitrogen and oxygen atoms in total. The summed E-state index contributed by atoms with van der Waals surface area (Å²) in [7, 11) is 1.98. The molecule has 2 aromatic rings. The Bertz CT molecular complexity index is 603. The zero-order valence-electron chi connectivity index (χ0n) is 12.4. The molecule has 0 heterocycles. The number of rotatable bonds is 3. The maximum atomic E-state index is 13.8. The van der Waals surface area contributed by atoms with E-state index in [-0.39, 0.29) is 11.9 Å². The molecule has 2 rings (SSSR count). The van der Waals surface area contributed by atoms with Crippen molar-refractivity contribution in [1.82, 2.24) is 0 Å². The normalized spacial score (nSPS) is 12.3. The largest absolute Gasteiger partial charge is 0.344 e. The SMILES string of the molecule is Cc1ccc(N(C)c2cc(C)c(F)cc2[C@@H](C)N)cc1. The number of nitrogens with two attached hydrogens (primary N) is 1. The molecule has 0 unspecified atom stereocenters. The zero-order valence-corrected chi connectivity index (χ0v) is 12.4. The van der Waals surface area contributed by atoms with E-state index in [9.17, 15) is 4.39 Å². The van der Waals surface area contributed by atoms with Gasteiger partial charge in [0.25, 0.3) is 0 Å². The van der Waals surface area contributed by atoms with Crippen molar-refractivity contribution in [3.05, 3.63) is 58.9 Å². The Labute approximate surface area is 120 Å². The Morgan fingerprint density at radius 2 is 1.70 bits per heavy atom. The van der Waals surface area contributed by atoms with Crippen LogP contribution in [0.3, 0.4) is 0 Å². The van der Waals surface area contributed by atoms with Gasteiger partial charge in [-0.2, -0.15) is 0 Å². The van der Waals surface area contributed by atoms with E-state index in [4.69, 9.17) is 5.73 Å². The van der Waals surface area contributed by atoms with Crippen molar-refractivity contribution in [2.24, 2.45) is 5.73 Å². The quantitative estimate of drug-likeness (QED) is 0.906. The maximum Gasteiger partial charge on any atom is 0.126 e. The molecule has 0 bridgehead atoms. The monoisotopic (exact) mass is 272 g/mol. The van der Waals surface area contributed by atoms with Gasteiger partial charge in [0.15, 0.2) is 0 Å². The minimum atomic E-state index is -0.215. The second-order valence-corrected chi connectivity index (χ2v) is 5.34. The van der Waals surface area contributed by atoms with Gasteiger partial charge in [0.05, 0.1) is 0 Å². The molecule has 2 N–H and O–H groups in total. The average molecular weight is 272 g/mol. The molecule has 1 atom stereocenters. The van der Waals surface area contributed by atoms with E-state index in [1.807, 2.05) is 24.9 Å². The summed E-state index contributed by atoms with van der Waals surface area (Å²) in [6, 6.07) is 11.4. The summed E-state index contributed by atoms with van der Waals surface area (Å²) in [5, 5.41) is 0. The van der Waals surface area contributed by atoms with E-state index >= 15 is 0 Å². The van der Waals surface area contributed by atoms with Crippen LogP contribution in [0.15, 0.2) is 36.4 Å². The summed E-state index contributed by atoms with van der Waals surface area (Å²) in [6.07, 6.45) is 0. The third-order valence-electron chi connectivity index (χ3n) is 3.58. The molecule has 20 heavy (non-hydrogen) atoms. The number of hydrogen-bond acceptors (Lipinski definition) is 2. The van der Waals surface area contributed by atoms with Gasteiger partial charge in [0.2, 0.25) is 0 Å². The number of anilines is 2. The standard InChI is InChI=1S/C17H21FN2/c1-11-5-7-14(8-6-11)20(4)17-9-12(2)16(18)10-15(17)13(3)19/h5-10,13H,19H2,1-4H3/t13-/m1/s1. The first-order valence-electron chi connectivity index (χ1n) is 6.76. The number of nitrogens with zero attached hydrogens (tertiary/aromatic N) is 1. The van der Waals surface area contributed by atoms with Gasteiger partial charge in [0, 0.05) is 24.5 Å². The van der Waals surface area contributed by atoms with Gasteiger partial charge in [-0.1, -0.05) is 17.7 Å². The van der Waals surface area contributed by atoms with Crippen LogP contribution in [-0.4, -0.2) is 7.05 Å². The molecule has 0 aromatic heterocycles. The molecule has 0 radical (unpaired) electrons. The lowest BCUT2D eigenvalue weighted by molar-refractivity contribution is 0.613. The lowest BCUT2D eigenvalue weighted by Crippen LogP contribution is -2.16. The molecule has 2 aromatic carbocycles. The van der Waals surface area contributed by atoms with Crippen molar-refractivity contribution in [2.45, 2.75) is 26.8 Å². The summed E-state index contributed by atoms with van der Waals surface area (Å²) in [5.41, 5.74) is 10.6. The predicted molar refractivity (Wildman–Crippen MR) is 83.0 cm³/mol.